The van der Waals surface area contributed by atoms with Crippen LogP contribution in [0.4, 0.5) is 13.2 Å². The van der Waals surface area contributed by atoms with E-state index in [1.54, 1.807) is 13.8 Å². The number of carbonyl (C=O) groups is 2. The Kier molecular flexibility index (Phi) is 4.74. The molecule has 148 valence electrons. The van der Waals surface area contributed by atoms with Crippen molar-refractivity contribution >= 4 is 11.9 Å². The number of amides is 1. The summed E-state index contributed by atoms with van der Waals surface area (Å²) in [5, 5.41) is 9.73. The molecule has 2 fully saturated rings. The van der Waals surface area contributed by atoms with Gasteiger partial charge in [0, 0.05) is 25.6 Å². The Morgan fingerprint density at radius 1 is 1.26 bits per heavy atom. The first kappa shape index (κ1) is 19.7. The van der Waals surface area contributed by atoms with E-state index in [0.29, 0.717) is 13.0 Å². The van der Waals surface area contributed by atoms with Crippen molar-refractivity contribution < 1.29 is 32.6 Å². The van der Waals surface area contributed by atoms with Crippen LogP contribution in [0.2, 0.25) is 0 Å². The van der Waals surface area contributed by atoms with Gasteiger partial charge in [-0.25, -0.2) is 0 Å². The Morgan fingerprint density at radius 3 is 2.52 bits per heavy atom. The third-order valence-corrected chi connectivity index (χ3v) is 5.87. The molecular weight excluding hydrogens is 363 g/mol. The number of ether oxygens (including phenoxy) is 1. The predicted molar refractivity (Wildman–Crippen MR) is 90.0 cm³/mol. The van der Waals surface area contributed by atoms with Crippen LogP contribution in [0.15, 0.2) is 24.3 Å². The summed E-state index contributed by atoms with van der Waals surface area (Å²) in [5.74, 6) is -1.65. The molecule has 5 nitrogen and oxygen atoms in total. The van der Waals surface area contributed by atoms with Gasteiger partial charge in [0.1, 0.15) is 0 Å². The fourth-order valence-corrected chi connectivity index (χ4v) is 4.06. The molecule has 27 heavy (non-hydrogen) atoms. The van der Waals surface area contributed by atoms with Crippen LogP contribution >= 0.6 is 0 Å². The monoisotopic (exact) mass is 385 g/mol. The number of rotatable bonds is 3. The van der Waals surface area contributed by atoms with Crippen molar-refractivity contribution in [3.8, 4) is 0 Å². The van der Waals surface area contributed by atoms with E-state index in [4.69, 9.17) is 4.74 Å². The highest BCUT2D eigenvalue weighted by molar-refractivity contribution is 5.89. The van der Waals surface area contributed by atoms with Crippen LogP contribution in [0.25, 0.3) is 0 Å². The van der Waals surface area contributed by atoms with Gasteiger partial charge >= 0.3 is 12.1 Å². The zero-order valence-electron chi connectivity index (χ0n) is 15.2. The molecule has 0 saturated carbocycles. The number of benzene rings is 1. The fraction of sp³-hybridized carbons (Fsp3) is 0.579. The Morgan fingerprint density at radius 2 is 1.93 bits per heavy atom. The molecule has 2 aliphatic rings. The number of carbonyl (C=O) groups excluding carboxylic acids is 1. The molecule has 2 atom stereocenters. The van der Waals surface area contributed by atoms with Crippen molar-refractivity contribution in [2.75, 3.05) is 26.3 Å². The molecule has 1 N–H and O–H groups in total. The second-order valence-corrected chi connectivity index (χ2v) is 7.87. The number of aliphatic carboxylic acids is 1. The van der Waals surface area contributed by atoms with Gasteiger partial charge < -0.3 is 14.7 Å². The topological polar surface area (TPSA) is 66.8 Å². The van der Waals surface area contributed by atoms with Crippen molar-refractivity contribution in [3.63, 3.8) is 0 Å². The Bertz CT molecular complexity index is 762. The largest absolute Gasteiger partial charge is 0.481 e. The summed E-state index contributed by atoms with van der Waals surface area (Å²) in [6.07, 6.45) is -4.18. The SMILES string of the molecule is CC(C)(C(=O)N1C[C@H]2COCC[C@@]2(C(=O)O)C1)c1cccc(C(F)(F)F)c1. The van der Waals surface area contributed by atoms with Crippen LogP contribution in [0, 0.1) is 11.3 Å². The second-order valence-electron chi connectivity index (χ2n) is 7.87. The van der Waals surface area contributed by atoms with Crippen molar-refractivity contribution in [2.24, 2.45) is 11.3 Å². The number of halogens is 3. The van der Waals surface area contributed by atoms with E-state index in [0.717, 1.165) is 12.1 Å². The molecule has 0 spiro atoms. The minimum atomic E-state index is -4.50. The molecule has 3 rings (SSSR count). The molecule has 2 heterocycles. The first-order valence-corrected chi connectivity index (χ1v) is 8.77. The molecule has 0 radical (unpaired) electrons. The summed E-state index contributed by atoms with van der Waals surface area (Å²) in [6.45, 7) is 4.00. The number of carboxylic acids is 1. The number of nitrogens with zero attached hydrogens (tertiary/aromatic N) is 1. The zero-order chi connectivity index (χ0) is 20.0. The summed E-state index contributed by atoms with van der Waals surface area (Å²) >= 11 is 0. The van der Waals surface area contributed by atoms with Crippen molar-refractivity contribution in [2.45, 2.75) is 31.9 Å². The number of alkyl halides is 3. The van der Waals surface area contributed by atoms with Crippen molar-refractivity contribution in [3.05, 3.63) is 35.4 Å². The van der Waals surface area contributed by atoms with Crippen molar-refractivity contribution in [1.29, 1.82) is 0 Å². The minimum absolute atomic E-state index is 0.0532. The Hall–Kier alpha value is -2.09. The van der Waals surface area contributed by atoms with E-state index >= 15 is 0 Å². The summed E-state index contributed by atoms with van der Waals surface area (Å²) < 4.78 is 44.5. The highest BCUT2D eigenvalue weighted by Crippen LogP contribution is 2.44. The summed E-state index contributed by atoms with van der Waals surface area (Å²) in [7, 11) is 0. The molecular formula is C19H22F3NO4. The van der Waals surface area contributed by atoms with E-state index in [1.807, 2.05) is 0 Å². The highest BCUT2D eigenvalue weighted by Gasteiger charge is 2.56. The third kappa shape index (κ3) is 3.31. The normalized spacial score (nSPS) is 26.0. The third-order valence-electron chi connectivity index (χ3n) is 5.87. The zero-order valence-corrected chi connectivity index (χ0v) is 15.2. The first-order chi connectivity index (χ1) is 12.5. The van der Waals surface area contributed by atoms with Gasteiger partial charge in [-0.15, -0.1) is 0 Å². The summed E-state index contributed by atoms with van der Waals surface area (Å²) in [6, 6.07) is 4.72. The van der Waals surface area contributed by atoms with Crippen LogP contribution in [-0.2, 0) is 25.9 Å². The van der Waals surface area contributed by atoms with Gasteiger partial charge in [-0.2, -0.15) is 13.2 Å². The Balaban J connectivity index is 1.88. The number of hydrogen-bond acceptors (Lipinski definition) is 3. The van der Waals surface area contributed by atoms with Crippen LogP contribution in [-0.4, -0.2) is 48.2 Å². The molecule has 1 aromatic carbocycles. The van der Waals surface area contributed by atoms with Crippen LogP contribution in [0.3, 0.4) is 0 Å². The van der Waals surface area contributed by atoms with E-state index in [1.165, 1.54) is 17.0 Å². The average molecular weight is 385 g/mol. The molecule has 0 bridgehead atoms. The van der Waals surface area contributed by atoms with E-state index in [2.05, 4.69) is 0 Å². The lowest BCUT2D eigenvalue weighted by Crippen LogP contribution is -2.46. The van der Waals surface area contributed by atoms with Gasteiger partial charge in [0.05, 0.1) is 23.0 Å². The van der Waals surface area contributed by atoms with Gasteiger partial charge in [0.25, 0.3) is 0 Å². The van der Waals surface area contributed by atoms with Gasteiger partial charge in [-0.05, 0) is 31.9 Å². The maximum Gasteiger partial charge on any atom is 0.416 e. The van der Waals surface area contributed by atoms with E-state index < -0.39 is 28.5 Å². The predicted octanol–water partition coefficient (Wildman–Crippen LogP) is 2.93. The maximum atomic E-state index is 13.1. The van der Waals surface area contributed by atoms with Crippen LogP contribution < -0.4 is 0 Å². The lowest BCUT2D eigenvalue weighted by atomic mass is 9.74. The molecule has 2 saturated heterocycles. The fourth-order valence-electron chi connectivity index (χ4n) is 4.06. The lowest BCUT2D eigenvalue weighted by Gasteiger charge is -2.34. The average Bonchev–Trinajstić information content (AvgIpc) is 3.01. The van der Waals surface area contributed by atoms with Crippen molar-refractivity contribution in [1.82, 2.24) is 4.90 Å². The summed E-state index contributed by atoms with van der Waals surface area (Å²) in [4.78, 5) is 26.5. The first-order valence-electron chi connectivity index (χ1n) is 8.77. The standard InChI is InChI=1S/C19H22F3NO4/c1-17(2,12-4-3-5-13(8-12)19(20,21)22)15(24)23-9-14-10-27-7-6-18(14,11-23)16(25)26/h3-5,8,14H,6-7,9-11H2,1-2H3,(H,25,26)/t14-,18+/m0/s1. The molecule has 1 aromatic rings. The van der Waals surface area contributed by atoms with Gasteiger partial charge in [0.2, 0.25) is 5.91 Å². The summed E-state index contributed by atoms with van der Waals surface area (Å²) in [5.41, 5.74) is -2.82. The van der Waals surface area contributed by atoms with Gasteiger partial charge in [0.15, 0.2) is 0 Å². The maximum absolute atomic E-state index is 13.1. The number of likely N-dealkylation sites (tertiary alicyclic amines) is 1. The van der Waals surface area contributed by atoms with Gasteiger partial charge in [-0.1, -0.05) is 18.2 Å². The van der Waals surface area contributed by atoms with Gasteiger partial charge in [-0.3, -0.25) is 9.59 Å². The molecule has 2 aliphatic heterocycles. The van der Waals surface area contributed by atoms with E-state index in [9.17, 15) is 27.9 Å². The van der Waals surface area contributed by atoms with Crippen LogP contribution in [0.5, 0.6) is 0 Å². The lowest BCUT2D eigenvalue weighted by molar-refractivity contribution is -0.157. The molecule has 0 aromatic heterocycles. The molecule has 8 heteroatoms. The molecule has 0 aliphatic carbocycles. The molecule has 0 unspecified atom stereocenters. The minimum Gasteiger partial charge on any atom is -0.481 e. The van der Waals surface area contributed by atoms with Crippen LogP contribution in [0.1, 0.15) is 31.4 Å². The van der Waals surface area contributed by atoms with E-state index in [-0.39, 0.29) is 37.1 Å². The Labute approximate surface area is 155 Å². The second kappa shape index (κ2) is 6.51. The quantitative estimate of drug-likeness (QED) is 0.869. The number of carboxylic acid groups (broad SMARTS) is 1. The molecule has 1 amide bonds. The smallest absolute Gasteiger partial charge is 0.416 e. The number of hydrogen-bond donors (Lipinski definition) is 1. The number of fused-ring (bicyclic) bond motifs is 1. The highest BCUT2D eigenvalue weighted by atomic mass is 19.4.